The van der Waals surface area contributed by atoms with Crippen molar-refractivity contribution in [3.8, 4) is 0 Å². The van der Waals surface area contributed by atoms with Crippen LogP contribution in [0, 0.1) is 0 Å². The van der Waals surface area contributed by atoms with Crippen molar-refractivity contribution in [2.75, 3.05) is 11.1 Å². The van der Waals surface area contributed by atoms with Crippen LogP contribution in [0.5, 0.6) is 0 Å². The van der Waals surface area contributed by atoms with Crippen molar-refractivity contribution in [3.63, 3.8) is 0 Å². The molecule has 1 heterocycles. The summed E-state index contributed by atoms with van der Waals surface area (Å²) in [6.07, 6.45) is 1.07. The van der Waals surface area contributed by atoms with Crippen LogP contribution in [0.15, 0.2) is 0 Å². The van der Waals surface area contributed by atoms with Crippen molar-refractivity contribution in [3.05, 3.63) is 0 Å². The van der Waals surface area contributed by atoms with Crippen LogP contribution in [0.4, 0.5) is 10.3 Å². The Morgan fingerprint density at radius 3 is 2.82 bits per heavy atom. The summed E-state index contributed by atoms with van der Waals surface area (Å²) < 4.78 is 0. The SMILES string of the molecule is CCC(C)Nc1nnc(N)s1. The first kappa shape index (κ1) is 8.26. The molecule has 1 aromatic rings. The monoisotopic (exact) mass is 172 g/mol. The van der Waals surface area contributed by atoms with Crippen LogP contribution in [0.2, 0.25) is 0 Å². The van der Waals surface area contributed by atoms with Gasteiger partial charge in [0.2, 0.25) is 10.3 Å². The van der Waals surface area contributed by atoms with Gasteiger partial charge in [-0.05, 0) is 13.3 Å². The summed E-state index contributed by atoms with van der Waals surface area (Å²) in [6, 6.07) is 0.433. The number of hydrogen-bond donors (Lipinski definition) is 2. The summed E-state index contributed by atoms with van der Waals surface area (Å²) in [5.41, 5.74) is 5.40. The second kappa shape index (κ2) is 3.52. The molecule has 3 N–H and O–H groups in total. The van der Waals surface area contributed by atoms with Gasteiger partial charge in [-0.3, -0.25) is 0 Å². The Labute approximate surface area is 69.8 Å². The van der Waals surface area contributed by atoms with E-state index in [2.05, 4.69) is 29.4 Å². The molecule has 1 atom stereocenters. The predicted molar refractivity (Wildman–Crippen MR) is 47.7 cm³/mol. The molecule has 11 heavy (non-hydrogen) atoms. The summed E-state index contributed by atoms with van der Waals surface area (Å²) in [4.78, 5) is 0. The zero-order valence-electron chi connectivity index (χ0n) is 6.66. The molecule has 1 aromatic heterocycles. The highest BCUT2D eigenvalue weighted by molar-refractivity contribution is 7.18. The van der Waals surface area contributed by atoms with Crippen molar-refractivity contribution in [2.45, 2.75) is 26.3 Å². The summed E-state index contributed by atoms with van der Waals surface area (Å²) in [7, 11) is 0. The van der Waals surface area contributed by atoms with Gasteiger partial charge in [-0.1, -0.05) is 18.3 Å². The minimum atomic E-state index is 0.433. The van der Waals surface area contributed by atoms with E-state index in [-0.39, 0.29) is 0 Å². The highest BCUT2D eigenvalue weighted by Crippen LogP contribution is 2.17. The second-order valence-electron chi connectivity index (χ2n) is 2.40. The number of nitrogens with two attached hydrogens (primary N) is 1. The summed E-state index contributed by atoms with van der Waals surface area (Å²) in [5.74, 6) is 0. The first-order valence-corrected chi connectivity index (χ1v) is 4.39. The van der Waals surface area contributed by atoms with Gasteiger partial charge in [-0.15, -0.1) is 10.2 Å². The third-order valence-corrected chi connectivity index (χ3v) is 2.11. The van der Waals surface area contributed by atoms with Crippen molar-refractivity contribution in [2.24, 2.45) is 0 Å². The number of anilines is 2. The van der Waals surface area contributed by atoms with Gasteiger partial charge in [-0.2, -0.15) is 0 Å². The van der Waals surface area contributed by atoms with E-state index in [4.69, 9.17) is 5.73 Å². The third-order valence-electron chi connectivity index (χ3n) is 1.42. The Morgan fingerprint density at radius 1 is 1.64 bits per heavy atom. The van der Waals surface area contributed by atoms with Crippen LogP contribution in [0.1, 0.15) is 20.3 Å². The summed E-state index contributed by atoms with van der Waals surface area (Å²) in [5, 5.41) is 12.0. The molecular weight excluding hydrogens is 160 g/mol. The maximum atomic E-state index is 5.40. The fourth-order valence-corrected chi connectivity index (χ4v) is 1.23. The van der Waals surface area contributed by atoms with Gasteiger partial charge in [0, 0.05) is 6.04 Å². The smallest absolute Gasteiger partial charge is 0.207 e. The van der Waals surface area contributed by atoms with Gasteiger partial charge in [0.25, 0.3) is 0 Å². The molecule has 0 saturated heterocycles. The minimum Gasteiger partial charge on any atom is -0.374 e. The molecule has 5 heteroatoms. The second-order valence-corrected chi connectivity index (χ2v) is 3.41. The normalized spacial score (nSPS) is 12.9. The molecule has 0 aliphatic rings. The van der Waals surface area contributed by atoms with E-state index in [0.29, 0.717) is 11.2 Å². The highest BCUT2D eigenvalue weighted by Gasteiger charge is 2.02. The van der Waals surface area contributed by atoms with Gasteiger partial charge in [0.05, 0.1) is 0 Å². The van der Waals surface area contributed by atoms with Crippen molar-refractivity contribution >= 4 is 21.6 Å². The zero-order valence-corrected chi connectivity index (χ0v) is 7.48. The Balaban J connectivity index is 2.50. The maximum Gasteiger partial charge on any atom is 0.207 e. The van der Waals surface area contributed by atoms with Crippen LogP contribution >= 0.6 is 11.3 Å². The Morgan fingerprint density at radius 2 is 2.36 bits per heavy atom. The number of aromatic nitrogens is 2. The quantitative estimate of drug-likeness (QED) is 0.722. The van der Waals surface area contributed by atoms with Crippen molar-refractivity contribution in [1.82, 2.24) is 10.2 Å². The van der Waals surface area contributed by atoms with Crippen molar-refractivity contribution < 1.29 is 0 Å². The molecule has 0 spiro atoms. The first-order chi connectivity index (χ1) is 5.22. The van der Waals surface area contributed by atoms with E-state index < -0.39 is 0 Å². The first-order valence-electron chi connectivity index (χ1n) is 3.58. The molecule has 0 aliphatic carbocycles. The number of hydrogen-bond acceptors (Lipinski definition) is 5. The minimum absolute atomic E-state index is 0.433. The molecule has 0 saturated carbocycles. The Bertz CT molecular complexity index is 222. The van der Waals surface area contributed by atoms with Crippen LogP contribution in [0.3, 0.4) is 0 Å². The highest BCUT2D eigenvalue weighted by atomic mass is 32.1. The van der Waals surface area contributed by atoms with Gasteiger partial charge in [0.1, 0.15) is 0 Å². The predicted octanol–water partition coefficient (Wildman–Crippen LogP) is 1.33. The Hall–Kier alpha value is -0.840. The molecule has 0 bridgehead atoms. The molecule has 0 aromatic carbocycles. The van der Waals surface area contributed by atoms with E-state index >= 15 is 0 Å². The van der Waals surface area contributed by atoms with E-state index in [1.54, 1.807) is 0 Å². The number of nitrogens with one attached hydrogen (secondary N) is 1. The molecule has 0 amide bonds. The van der Waals surface area contributed by atoms with Gasteiger partial charge < -0.3 is 11.1 Å². The average Bonchev–Trinajstić information content (AvgIpc) is 2.35. The number of rotatable bonds is 3. The molecule has 4 nitrogen and oxygen atoms in total. The summed E-state index contributed by atoms with van der Waals surface area (Å²) >= 11 is 1.38. The van der Waals surface area contributed by atoms with E-state index in [1.165, 1.54) is 11.3 Å². The lowest BCUT2D eigenvalue weighted by atomic mass is 10.3. The van der Waals surface area contributed by atoms with E-state index in [1.807, 2.05) is 0 Å². The molecule has 62 valence electrons. The van der Waals surface area contributed by atoms with Gasteiger partial charge in [0.15, 0.2) is 0 Å². The van der Waals surface area contributed by atoms with Crippen LogP contribution in [0.25, 0.3) is 0 Å². The van der Waals surface area contributed by atoms with Crippen LogP contribution in [-0.2, 0) is 0 Å². The maximum absolute atomic E-state index is 5.40. The van der Waals surface area contributed by atoms with Crippen LogP contribution < -0.4 is 11.1 Å². The van der Waals surface area contributed by atoms with E-state index in [0.717, 1.165) is 11.6 Å². The standard InChI is InChI=1S/C6H12N4S/c1-3-4(2)8-6-10-9-5(7)11-6/h4H,3H2,1-2H3,(H2,7,9)(H,8,10). The van der Waals surface area contributed by atoms with Gasteiger partial charge >= 0.3 is 0 Å². The zero-order chi connectivity index (χ0) is 8.27. The largest absolute Gasteiger partial charge is 0.374 e. The molecule has 0 radical (unpaired) electrons. The fourth-order valence-electron chi connectivity index (χ4n) is 0.606. The third kappa shape index (κ3) is 2.34. The lowest BCUT2D eigenvalue weighted by Crippen LogP contribution is -2.12. The van der Waals surface area contributed by atoms with Gasteiger partial charge in [-0.25, -0.2) is 0 Å². The number of nitrogens with zero attached hydrogens (tertiary/aromatic N) is 2. The fraction of sp³-hybridized carbons (Fsp3) is 0.667. The van der Waals surface area contributed by atoms with Crippen molar-refractivity contribution in [1.29, 1.82) is 0 Å². The molecular formula is C6H12N4S. The topological polar surface area (TPSA) is 63.8 Å². The molecule has 0 fully saturated rings. The molecule has 1 rings (SSSR count). The average molecular weight is 172 g/mol. The molecule has 0 aliphatic heterocycles. The molecule has 1 unspecified atom stereocenters. The number of nitrogen functional groups attached to an aromatic ring is 1. The summed E-state index contributed by atoms with van der Waals surface area (Å²) in [6.45, 7) is 4.21. The van der Waals surface area contributed by atoms with E-state index in [9.17, 15) is 0 Å². The lowest BCUT2D eigenvalue weighted by molar-refractivity contribution is 0.760. The Kier molecular flexibility index (Phi) is 2.64. The lowest BCUT2D eigenvalue weighted by Gasteiger charge is -2.07. The van der Waals surface area contributed by atoms with Crippen LogP contribution in [-0.4, -0.2) is 16.2 Å².